The smallest absolute Gasteiger partial charge is 0.261 e. The van der Waals surface area contributed by atoms with Crippen LogP contribution in [-0.2, 0) is 6.42 Å². The monoisotopic (exact) mass is 379 g/mol. The highest BCUT2D eigenvalue weighted by molar-refractivity contribution is 7.16. The first kappa shape index (κ1) is 17.6. The fourth-order valence-corrected chi connectivity index (χ4v) is 3.74. The molecule has 8 heteroatoms. The van der Waals surface area contributed by atoms with E-state index in [0.717, 1.165) is 10.6 Å². The first-order valence-corrected chi connectivity index (χ1v) is 8.68. The highest BCUT2D eigenvalue weighted by Crippen LogP contribution is 2.28. The van der Waals surface area contributed by atoms with Crippen LogP contribution in [-0.4, -0.2) is 16.0 Å². The molecule has 1 N–H and O–H groups in total. The molecule has 0 atom stereocenters. The van der Waals surface area contributed by atoms with E-state index >= 15 is 0 Å². The number of nitrogens with one attached hydrogen (secondary N) is 1. The van der Waals surface area contributed by atoms with Gasteiger partial charge in [0.05, 0.1) is 16.4 Å². The first-order valence-electron chi connectivity index (χ1n) is 7.49. The number of aromatic nitrogens is 2. The summed E-state index contributed by atoms with van der Waals surface area (Å²) in [4.78, 5) is 16.9. The average molecular weight is 380 g/mol. The standard InChI is InChI=1S/C17H15ClFN3O2S/c1-8-15(10(3)24-22-8)16(23)21-17-9(2)20-14(25-17)6-11-4-12(18)7-13(19)5-11/h4-5,7H,6H2,1-3H3,(H,21,23). The summed E-state index contributed by atoms with van der Waals surface area (Å²) in [7, 11) is 0. The zero-order valence-electron chi connectivity index (χ0n) is 13.8. The van der Waals surface area contributed by atoms with Gasteiger partial charge >= 0.3 is 0 Å². The van der Waals surface area contributed by atoms with Gasteiger partial charge in [0.25, 0.3) is 5.91 Å². The quantitative estimate of drug-likeness (QED) is 0.713. The number of rotatable bonds is 4. The summed E-state index contributed by atoms with van der Waals surface area (Å²) < 4.78 is 18.5. The Morgan fingerprint density at radius 2 is 2.04 bits per heavy atom. The lowest BCUT2D eigenvalue weighted by Crippen LogP contribution is -2.13. The number of nitrogens with zero attached hydrogens (tertiary/aromatic N) is 2. The van der Waals surface area contributed by atoms with E-state index in [1.807, 2.05) is 6.92 Å². The summed E-state index contributed by atoms with van der Waals surface area (Å²) in [5.74, 6) is -0.210. The van der Waals surface area contributed by atoms with Crippen LogP contribution in [0.2, 0.25) is 5.02 Å². The summed E-state index contributed by atoms with van der Waals surface area (Å²) >= 11 is 7.22. The van der Waals surface area contributed by atoms with Gasteiger partial charge in [-0.1, -0.05) is 16.8 Å². The number of thiazole rings is 1. The Bertz CT molecular complexity index is 912. The van der Waals surface area contributed by atoms with Gasteiger partial charge in [-0.25, -0.2) is 9.37 Å². The largest absolute Gasteiger partial charge is 0.361 e. The molecule has 0 unspecified atom stereocenters. The Hall–Kier alpha value is -2.25. The SMILES string of the molecule is Cc1nc(Cc2cc(F)cc(Cl)c2)sc1NC(=O)c1c(C)noc1C. The number of carbonyl (C=O) groups is 1. The van der Waals surface area contributed by atoms with Gasteiger partial charge in [0.2, 0.25) is 0 Å². The zero-order chi connectivity index (χ0) is 18.1. The first-order chi connectivity index (χ1) is 11.8. The highest BCUT2D eigenvalue weighted by Gasteiger charge is 2.19. The summed E-state index contributed by atoms with van der Waals surface area (Å²) in [6.07, 6.45) is 0.435. The number of hydrogen-bond donors (Lipinski definition) is 1. The Morgan fingerprint density at radius 3 is 2.68 bits per heavy atom. The molecule has 0 fully saturated rings. The van der Waals surface area contributed by atoms with Gasteiger partial charge in [-0.3, -0.25) is 4.79 Å². The molecule has 0 spiro atoms. The molecular weight excluding hydrogens is 365 g/mol. The Balaban J connectivity index is 1.79. The van der Waals surface area contributed by atoms with Crippen LogP contribution < -0.4 is 5.32 Å². The van der Waals surface area contributed by atoms with E-state index in [9.17, 15) is 9.18 Å². The van der Waals surface area contributed by atoms with Crippen molar-refractivity contribution in [3.05, 3.63) is 62.3 Å². The maximum Gasteiger partial charge on any atom is 0.261 e. The maximum atomic E-state index is 13.4. The van der Waals surface area contributed by atoms with Gasteiger partial charge < -0.3 is 9.84 Å². The lowest BCUT2D eigenvalue weighted by atomic mass is 10.1. The molecular formula is C17H15ClFN3O2S. The van der Waals surface area contributed by atoms with Crippen LogP contribution in [0.3, 0.4) is 0 Å². The van der Waals surface area contributed by atoms with Gasteiger partial charge in [0.15, 0.2) is 0 Å². The minimum Gasteiger partial charge on any atom is -0.361 e. The van der Waals surface area contributed by atoms with Gasteiger partial charge in [-0.05, 0) is 44.5 Å². The van der Waals surface area contributed by atoms with Crippen LogP contribution in [0.4, 0.5) is 9.39 Å². The van der Waals surface area contributed by atoms with Crippen molar-refractivity contribution < 1.29 is 13.7 Å². The minimum atomic E-state index is -0.386. The fourth-order valence-electron chi connectivity index (χ4n) is 2.50. The molecule has 0 aliphatic rings. The molecule has 0 aliphatic carbocycles. The Morgan fingerprint density at radius 1 is 1.28 bits per heavy atom. The molecule has 5 nitrogen and oxygen atoms in total. The molecule has 0 saturated carbocycles. The topological polar surface area (TPSA) is 68.0 Å². The second kappa shape index (κ2) is 6.93. The predicted octanol–water partition coefficient (Wildman–Crippen LogP) is 4.69. The molecule has 3 rings (SSSR count). The van der Waals surface area contributed by atoms with Gasteiger partial charge in [0, 0.05) is 11.4 Å². The van der Waals surface area contributed by atoms with Crippen LogP contribution >= 0.6 is 22.9 Å². The number of halogens is 2. The van der Waals surface area contributed by atoms with Crippen LogP contribution in [0, 0.1) is 26.6 Å². The lowest BCUT2D eigenvalue weighted by molar-refractivity contribution is 0.102. The van der Waals surface area contributed by atoms with Crippen molar-refractivity contribution in [3.63, 3.8) is 0 Å². The van der Waals surface area contributed by atoms with Crippen molar-refractivity contribution in [2.75, 3.05) is 5.32 Å². The van der Waals surface area contributed by atoms with Crippen molar-refractivity contribution in [3.8, 4) is 0 Å². The van der Waals surface area contributed by atoms with E-state index in [4.69, 9.17) is 16.1 Å². The number of anilines is 1. The number of hydrogen-bond acceptors (Lipinski definition) is 5. The Kier molecular flexibility index (Phi) is 4.87. The van der Waals surface area contributed by atoms with E-state index in [1.165, 1.54) is 23.5 Å². The van der Waals surface area contributed by atoms with E-state index in [-0.39, 0.29) is 11.7 Å². The molecule has 2 aromatic heterocycles. The summed E-state index contributed by atoms with van der Waals surface area (Å²) in [6.45, 7) is 5.21. The minimum absolute atomic E-state index is 0.289. The van der Waals surface area contributed by atoms with Crippen molar-refractivity contribution >= 4 is 33.8 Å². The van der Waals surface area contributed by atoms with Crippen molar-refractivity contribution in [2.24, 2.45) is 0 Å². The highest BCUT2D eigenvalue weighted by atomic mass is 35.5. The molecule has 3 aromatic rings. The predicted molar refractivity (Wildman–Crippen MR) is 95.0 cm³/mol. The zero-order valence-corrected chi connectivity index (χ0v) is 15.4. The molecule has 0 radical (unpaired) electrons. The third-order valence-electron chi connectivity index (χ3n) is 3.61. The molecule has 2 heterocycles. The van der Waals surface area contributed by atoms with Crippen LogP contribution in [0.5, 0.6) is 0 Å². The van der Waals surface area contributed by atoms with Crippen molar-refractivity contribution in [1.82, 2.24) is 10.1 Å². The van der Waals surface area contributed by atoms with E-state index in [0.29, 0.717) is 39.2 Å². The molecule has 0 bridgehead atoms. The van der Waals surface area contributed by atoms with Gasteiger partial charge in [-0.2, -0.15) is 0 Å². The Labute approximate surface area is 152 Å². The molecule has 25 heavy (non-hydrogen) atoms. The van der Waals surface area contributed by atoms with Crippen LogP contribution in [0.25, 0.3) is 0 Å². The fraction of sp³-hybridized carbons (Fsp3) is 0.235. The molecule has 130 valence electrons. The van der Waals surface area contributed by atoms with E-state index in [2.05, 4.69) is 15.5 Å². The number of amides is 1. The molecule has 0 aliphatic heterocycles. The normalized spacial score (nSPS) is 10.9. The second-order valence-electron chi connectivity index (χ2n) is 5.63. The summed E-state index contributed by atoms with van der Waals surface area (Å²) in [6, 6.07) is 4.38. The molecule has 0 saturated heterocycles. The number of aryl methyl sites for hydroxylation is 3. The third kappa shape index (κ3) is 3.88. The van der Waals surface area contributed by atoms with Crippen LogP contribution in [0.15, 0.2) is 22.7 Å². The van der Waals surface area contributed by atoms with Crippen molar-refractivity contribution in [2.45, 2.75) is 27.2 Å². The molecule has 1 aromatic carbocycles. The van der Waals surface area contributed by atoms with E-state index in [1.54, 1.807) is 19.9 Å². The summed E-state index contributed by atoms with van der Waals surface area (Å²) in [5.41, 5.74) is 2.38. The number of carbonyl (C=O) groups excluding carboxylic acids is 1. The van der Waals surface area contributed by atoms with Crippen LogP contribution in [0.1, 0.15) is 38.1 Å². The third-order valence-corrected chi connectivity index (χ3v) is 4.90. The van der Waals surface area contributed by atoms with Crippen molar-refractivity contribution in [1.29, 1.82) is 0 Å². The molecule has 1 amide bonds. The van der Waals surface area contributed by atoms with E-state index < -0.39 is 0 Å². The van der Waals surface area contributed by atoms with Gasteiger partial charge in [0.1, 0.15) is 22.1 Å². The average Bonchev–Trinajstić information content (AvgIpc) is 3.00. The summed E-state index contributed by atoms with van der Waals surface area (Å²) in [5, 5.41) is 8.36. The lowest BCUT2D eigenvalue weighted by Gasteiger charge is -2.02. The second-order valence-corrected chi connectivity index (χ2v) is 7.15. The van der Waals surface area contributed by atoms with Gasteiger partial charge in [-0.15, -0.1) is 11.3 Å². The number of benzene rings is 1. The maximum absolute atomic E-state index is 13.4.